The van der Waals surface area contributed by atoms with Crippen LogP contribution in [0.15, 0.2) is 0 Å². The van der Waals surface area contributed by atoms with Crippen LogP contribution < -0.4 is 0 Å². The van der Waals surface area contributed by atoms with Gasteiger partial charge in [0.05, 0.1) is 0 Å². The van der Waals surface area contributed by atoms with Gasteiger partial charge in [-0.15, -0.1) is 0 Å². The van der Waals surface area contributed by atoms with Gasteiger partial charge in [-0.2, -0.15) is 0 Å². The minimum Gasteiger partial charge on any atom is -0.301 e. The zero-order valence-electron chi connectivity index (χ0n) is 13.1. The number of rotatable bonds is 3. The Morgan fingerprint density at radius 2 is 1.33 bits per heavy atom. The molecule has 2 fully saturated rings. The fraction of sp³-hybridized carbons (Fsp3) is 1.00. The molecule has 2 nitrogen and oxygen atoms in total. The molecule has 0 atom stereocenters. The van der Waals surface area contributed by atoms with Crippen molar-refractivity contribution in [2.45, 2.75) is 53.4 Å². The Labute approximate surface area is 115 Å². The maximum atomic E-state index is 2.70. The first kappa shape index (κ1) is 16.0. The predicted octanol–water partition coefficient (Wildman–Crippen LogP) is 3.48. The van der Waals surface area contributed by atoms with Crippen molar-refractivity contribution in [2.75, 3.05) is 39.3 Å². The molecule has 1 saturated carbocycles. The summed E-state index contributed by atoms with van der Waals surface area (Å²) in [5, 5.41) is 0. The molecule has 0 aromatic heterocycles. The molecule has 0 aromatic rings. The summed E-state index contributed by atoms with van der Waals surface area (Å²) in [6.45, 7) is 16.5. The lowest BCUT2D eigenvalue weighted by atomic mass is 9.83. The molecule has 1 aliphatic heterocycles. The van der Waals surface area contributed by atoms with Crippen molar-refractivity contribution in [1.82, 2.24) is 9.80 Å². The lowest BCUT2D eigenvalue weighted by Crippen LogP contribution is -2.47. The van der Waals surface area contributed by atoms with Crippen LogP contribution in [0.4, 0.5) is 0 Å². The molecule has 2 aliphatic rings. The normalized spacial score (nSPS) is 30.7. The smallest absolute Gasteiger partial charge is 0.0110 e. The molecule has 0 amide bonds. The van der Waals surface area contributed by atoms with Crippen LogP contribution in [0.25, 0.3) is 0 Å². The molecule has 1 heterocycles. The molecule has 2 heteroatoms. The molecule has 0 aromatic carbocycles. The Hall–Kier alpha value is -0.0800. The van der Waals surface area contributed by atoms with Gasteiger partial charge >= 0.3 is 0 Å². The van der Waals surface area contributed by atoms with Gasteiger partial charge in [0.25, 0.3) is 0 Å². The maximum absolute atomic E-state index is 2.70. The van der Waals surface area contributed by atoms with E-state index in [1.807, 2.05) is 13.8 Å². The van der Waals surface area contributed by atoms with Crippen molar-refractivity contribution < 1.29 is 0 Å². The van der Waals surface area contributed by atoms with E-state index < -0.39 is 0 Å². The van der Waals surface area contributed by atoms with Crippen molar-refractivity contribution >= 4 is 0 Å². The summed E-state index contributed by atoms with van der Waals surface area (Å²) < 4.78 is 0. The Kier molecular flexibility index (Phi) is 7.92. The SMILES string of the molecule is CC.CCN1CCN(CC2CCC(C)CC2)CC1. The third-order valence-electron chi connectivity index (χ3n) is 4.56. The summed E-state index contributed by atoms with van der Waals surface area (Å²) in [5.41, 5.74) is 0. The lowest BCUT2D eigenvalue weighted by Gasteiger charge is -2.37. The highest BCUT2D eigenvalue weighted by Gasteiger charge is 2.22. The van der Waals surface area contributed by atoms with E-state index in [0.717, 1.165) is 11.8 Å². The highest BCUT2D eigenvalue weighted by molar-refractivity contribution is 4.77. The summed E-state index contributed by atoms with van der Waals surface area (Å²) in [7, 11) is 0. The van der Waals surface area contributed by atoms with Crippen molar-refractivity contribution in [1.29, 1.82) is 0 Å². The molecular formula is C16H34N2. The Morgan fingerprint density at radius 3 is 1.83 bits per heavy atom. The molecule has 0 bridgehead atoms. The molecule has 108 valence electrons. The zero-order valence-corrected chi connectivity index (χ0v) is 13.1. The second kappa shape index (κ2) is 8.92. The van der Waals surface area contributed by atoms with Crippen LogP contribution in [0.3, 0.4) is 0 Å². The van der Waals surface area contributed by atoms with Gasteiger partial charge in [-0.05, 0) is 31.2 Å². The molecule has 0 spiro atoms. The fourth-order valence-electron chi connectivity index (χ4n) is 3.16. The average molecular weight is 254 g/mol. The number of hydrogen-bond donors (Lipinski definition) is 0. The monoisotopic (exact) mass is 254 g/mol. The van der Waals surface area contributed by atoms with Crippen molar-refractivity contribution in [3.8, 4) is 0 Å². The first-order valence-electron chi connectivity index (χ1n) is 8.22. The van der Waals surface area contributed by atoms with Crippen LogP contribution in [0.5, 0.6) is 0 Å². The summed E-state index contributed by atoms with van der Waals surface area (Å²) in [6.07, 6.45) is 5.91. The highest BCUT2D eigenvalue weighted by Crippen LogP contribution is 2.28. The van der Waals surface area contributed by atoms with Gasteiger partial charge in [0.1, 0.15) is 0 Å². The standard InChI is InChI=1S/C14H28N2.C2H6/c1-3-15-8-10-16(11-9-15)12-14-6-4-13(2)5-7-14;1-2/h13-14H,3-12H2,1-2H3;1-2H3. The molecule has 0 N–H and O–H groups in total. The molecule has 0 radical (unpaired) electrons. The van der Waals surface area contributed by atoms with E-state index in [4.69, 9.17) is 0 Å². The topological polar surface area (TPSA) is 6.48 Å². The quantitative estimate of drug-likeness (QED) is 0.761. The van der Waals surface area contributed by atoms with Gasteiger partial charge in [-0.3, -0.25) is 0 Å². The Bertz CT molecular complexity index is 189. The zero-order chi connectivity index (χ0) is 13.4. The van der Waals surface area contributed by atoms with Crippen molar-refractivity contribution in [3.63, 3.8) is 0 Å². The van der Waals surface area contributed by atoms with E-state index in [0.29, 0.717) is 0 Å². The van der Waals surface area contributed by atoms with Crippen LogP contribution in [0, 0.1) is 11.8 Å². The van der Waals surface area contributed by atoms with E-state index in [2.05, 4.69) is 23.6 Å². The highest BCUT2D eigenvalue weighted by atomic mass is 15.3. The molecule has 1 saturated heterocycles. The molecule has 1 aliphatic carbocycles. The number of likely N-dealkylation sites (N-methyl/N-ethyl adjacent to an activating group) is 1. The fourth-order valence-corrected chi connectivity index (χ4v) is 3.16. The van der Waals surface area contributed by atoms with Crippen LogP contribution in [0.1, 0.15) is 53.4 Å². The van der Waals surface area contributed by atoms with Gasteiger partial charge < -0.3 is 9.80 Å². The van der Waals surface area contributed by atoms with E-state index in [1.54, 1.807) is 0 Å². The van der Waals surface area contributed by atoms with E-state index in [9.17, 15) is 0 Å². The minimum absolute atomic E-state index is 0.994. The van der Waals surface area contributed by atoms with E-state index in [1.165, 1.54) is 65.0 Å². The van der Waals surface area contributed by atoms with Gasteiger partial charge in [-0.1, -0.05) is 40.5 Å². The lowest BCUT2D eigenvalue weighted by molar-refractivity contribution is 0.109. The Balaban J connectivity index is 0.000000771. The second-order valence-corrected chi connectivity index (χ2v) is 5.86. The predicted molar refractivity (Wildman–Crippen MR) is 81.0 cm³/mol. The van der Waals surface area contributed by atoms with E-state index in [-0.39, 0.29) is 0 Å². The molecule has 0 unspecified atom stereocenters. The van der Waals surface area contributed by atoms with Gasteiger partial charge in [0, 0.05) is 32.7 Å². The number of hydrogen-bond acceptors (Lipinski definition) is 2. The molecule has 18 heavy (non-hydrogen) atoms. The number of nitrogens with zero attached hydrogens (tertiary/aromatic N) is 2. The molecule has 2 rings (SSSR count). The largest absolute Gasteiger partial charge is 0.301 e. The third-order valence-corrected chi connectivity index (χ3v) is 4.56. The first-order chi connectivity index (χ1) is 8.78. The van der Waals surface area contributed by atoms with Crippen molar-refractivity contribution in [3.05, 3.63) is 0 Å². The van der Waals surface area contributed by atoms with E-state index >= 15 is 0 Å². The molecular weight excluding hydrogens is 220 g/mol. The van der Waals surface area contributed by atoms with Crippen LogP contribution in [-0.4, -0.2) is 49.1 Å². The van der Waals surface area contributed by atoms with Crippen LogP contribution in [0.2, 0.25) is 0 Å². The number of piperazine rings is 1. The summed E-state index contributed by atoms with van der Waals surface area (Å²) >= 11 is 0. The Morgan fingerprint density at radius 1 is 0.833 bits per heavy atom. The second-order valence-electron chi connectivity index (χ2n) is 5.86. The minimum atomic E-state index is 0.994. The first-order valence-corrected chi connectivity index (χ1v) is 8.22. The van der Waals surface area contributed by atoms with Gasteiger partial charge in [0.2, 0.25) is 0 Å². The summed E-state index contributed by atoms with van der Waals surface area (Å²) in [5.74, 6) is 2.00. The maximum Gasteiger partial charge on any atom is 0.0110 e. The van der Waals surface area contributed by atoms with Crippen LogP contribution >= 0.6 is 0 Å². The third kappa shape index (κ3) is 5.27. The summed E-state index contributed by atoms with van der Waals surface area (Å²) in [6, 6.07) is 0. The van der Waals surface area contributed by atoms with Gasteiger partial charge in [-0.25, -0.2) is 0 Å². The average Bonchev–Trinajstić information content (AvgIpc) is 2.44. The van der Waals surface area contributed by atoms with Crippen molar-refractivity contribution in [2.24, 2.45) is 11.8 Å². The van der Waals surface area contributed by atoms with Gasteiger partial charge in [0.15, 0.2) is 0 Å². The van der Waals surface area contributed by atoms with Crippen LogP contribution in [-0.2, 0) is 0 Å². The summed E-state index contributed by atoms with van der Waals surface area (Å²) in [4.78, 5) is 5.27.